The molecule has 2 aromatic carbocycles. The maximum atomic E-state index is 15.2. The topological polar surface area (TPSA) is 101 Å². The predicted molar refractivity (Wildman–Crippen MR) is 126 cm³/mol. The Hall–Kier alpha value is -3.04. The number of amidine groups is 1. The van der Waals surface area contributed by atoms with Crippen molar-refractivity contribution in [1.29, 1.82) is 5.41 Å². The van der Waals surface area contributed by atoms with Gasteiger partial charge in [0.2, 0.25) is 0 Å². The Labute approximate surface area is 198 Å². The minimum atomic E-state index is -1.47. The Kier molecular flexibility index (Phi) is 9.35. The molecule has 1 fully saturated rings. The van der Waals surface area contributed by atoms with Crippen molar-refractivity contribution in [1.82, 2.24) is 10.2 Å². The molecule has 1 amide bonds. The lowest BCUT2D eigenvalue weighted by Crippen LogP contribution is -2.33. The van der Waals surface area contributed by atoms with Crippen LogP contribution in [-0.2, 0) is 16.1 Å². The van der Waals surface area contributed by atoms with E-state index in [1.165, 1.54) is 12.5 Å². The van der Waals surface area contributed by atoms with Crippen LogP contribution < -0.4 is 15.8 Å². The fourth-order valence-corrected chi connectivity index (χ4v) is 3.91. The molecule has 184 valence electrons. The lowest BCUT2D eigenvalue weighted by Gasteiger charge is -2.26. The standard InChI is InChI=1S/C25H32F2N4O3/c1-2-33-23(25(32)30-16-17-6-8-18(9-7-17)24(28)29)21-19(26)10-11-20(22(21)27)34-15-14-31-12-4-3-5-13-31/h6-11,23H,2-5,12-16H2,1H3,(H3,28,29)(H,30,32)/t23-/m0/s1. The van der Waals surface area contributed by atoms with Gasteiger partial charge < -0.3 is 20.5 Å². The Morgan fingerprint density at radius 3 is 2.50 bits per heavy atom. The van der Waals surface area contributed by atoms with Crippen molar-refractivity contribution in [3.8, 4) is 5.75 Å². The van der Waals surface area contributed by atoms with Crippen LogP contribution in [0.3, 0.4) is 0 Å². The molecule has 0 bridgehead atoms. The first-order chi connectivity index (χ1) is 16.4. The van der Waals surface area contributed by atoms with Crippen molar-refractivity contribution >= 4 is 11.7 Å². The zero-order chi connectivity index (χ0) is 24.5. The third-order valence-corrected chi connectivity index (χ3v) is 5.77. The van der Waals surface area contributed by atoms with Crippen molar-refractivity contribution in [3.63, 3.8) is 0 Å². The number of piperidine rings is 1. The number of ether oxygens (including phenoxy) is 2. The molecule has 0 unspecified atom stereocenters. The third-order valence-electron chi connectivity index (χ3n) is 5.77. The second-order valence-corrected chi connectivity index (χ2v) is 8.19. The number of benzene rings is 2. The van der Waals surface area contributed by atoms with E-state index in [-0.39, 0.29) is 31.3 Å². The minimum Gasteiger partial charge on any atom is -0.489 e. The second-order valence-electron chi connectivity index (χ2n) is 8.19. The van der Waals surface area contributed by atoms with Gasteiger partial charge in [-0.25, -0.2) is 8.78 Å². The molecule has 1 saturated heterocycles. The summed E-state index contributed by atoms with van der Waals surface area (Å²) in [5.41, 5.74) is 6.27. The van der Waals surface area contributed by atoms with Crippen molar-refractivity contribution in [3.05, 3.63) is 64.7 Å². The van der Waals surface area contributed by atoms with Crippen molar-refractivity contribution < 1.29 is 23.0 Å². The molecule has 1 atom stereocenters. The highest BCUT2D eigenvalue weighted by Gasteiger charge is 2.29. The maximum Gasteiger partial charge on any atom is 0.254 e. The van der Waals surface area contributed by atoms with Crippen LogP contribution in [0.15, 0.2) is 36.4 Å². The number of hydrogen-bond acceptors (Lipinski definition) is 5. The fraction of sp³-hybridized carbons (Fsp3) is 0.440. The molecule has 3 rings (SSSR count). The number of nitrogen functional groups attached to an aromatic ring is 1. The number of nitrogens with two attached hydrogens (primary N) is 1. The van der Waals surface area contributed by atoms with E-state index in [1.54, 1.807) is 31.2 Å². The van der Waals surface area contributed by atoms with Crippen LogP contribution in [0.1, 0.15) is 49.0 Å². The molecule has 0 aromatic heterocycles. The van der Waals surface area contributed by atoms with E-state index in [0.29, 0.717) is 12.1 Å². The lowest BCUT2D eigenvalue weighted by atomic mass is 10.1. The minimum absolute atomic E-state index is 0.0593. The molecule has 0 aliphatic carbocycles. The number of hydrogen-bond donors (Lipinski definition) is 3. The number of likely N-dealkylation sites (tertiary alicyclic amines) is 1. The second kappa shape index (κ2) is 12.4. The first kappa shape index (κ1) is 25.6. The fourth-order valence-electron chi connectivity index (χ4n) is 3.91. The van der Waals surface area contributed by atoms with Gasteiger partial charge in [0.05, 0.1) is 5.56 Å². The molecular formula is C25H32F2N4O3. The Morgan fingerprint density at radius 2 is 1.85 bits per heavy atom. The molecule has 1 heterocycles. The smallest absolute Gasteiger partial charge is 0.254 e. The summed E-state index contributed by atoms with van der Waals surface area (Å²) in [6, 6.07) is 9.08. The van der Waals surface area contributed by atoms with Crippen LogP contribution in [0.4, 0.5) is 8.78 Å². The summed E-state index contributed by atoms with van der Waals surface area (Å²) in [6.45, 7) is 4.76. The normalized spacial score (nSPS) is 15.0. The van der Waals surface area contributed by atoms with Crippen molar-refractivity contribution in [2.24, 2.45) is 5.73 Å². The first-order valence-electron chi connectivity index (χ1n) is 11.6. The summed E-state index contributed by atoms with van der Waals surface area (Å²) in [7, 11) is 0. The van der Waals surface area contributed by atoms with Crippen LogP contribution in [-0.4, -0.2) is 49.5 Å². The first-order valence-corrected chi connectivity index (χ1v) is 11.6. The summed E-state index contributed by atoms with van der Waals surface area (Å²) >= 11 is 0. The van der Waals surface area contributed by atoms with E-state index >= 15 is 4.39 Å². The van der Waals surface area contributed by atoms with E-state index < -0.39 is 29.2 Å². The van der Waals surface area contributed by atoms with Crippen LogP contribution in [0, 0.1) is 17.0 Å². The number of nitrogens with zero attached hydrogens (tertiary/aromatic N) is 1. The molecule has 0 radical (unpaired) electrons. The van der Waals surface area contributed by atoms with Crippen LogP contribution in [0.5, 0.6) is 5.75 Å². The zero-order valence-corrected chi connectivity index (χ0v) is 19.4. The van der Waals surface area contributed by atoms with Crippen molar-refractivity contribution in [2.75, 3.05) is 32.8 Å². The molecule has 9 heteroatoms. The van der Waals surface area contributed by atoms with E-state index in [0.717, 1.165) is 37.6 Å². The average Bonchev–Trinajstić information content (AvgIpc) is 2.84. The highest BCUT2D eigenvalue weighted by atomic mass is 19.1. The number of carbonyl (C=O) groups is 1. The molecule has 34 heavy (non-hydrogen) atoms. The molecular weight excluding hydrogens is 442 g/mol. The zero-order valence-electron chi connectivity index (χ0n) is 19.4. The van der Waals surface area contributed by atoms with Gasteiger partial charge in [-0.3, -0.25) is 15.1 Å². The summed E-state index contributed by atoms with van der Waals surface area (Å²) in [5, 5.41) is 10.1. The van der Waals surface area contributed by atoms with E-state index in [2.05, 4.69) is 10.2 Å². The molecule has 7 nitrogen and oxygen atoms in total. The summed E-state index contributed by atoms with van der Waals surface area (Å²) in [4.78, 5) is 15.1. The molecule has 0 spiro atoms. The van der Waals surface area contributed by atoms with Crippen LogP contribution in [0.25, 0.3) is 0 Å². The van der Waals surface area contributed by atoms with E-state index in [1.807, 2.05) is 0 Å². The van der Waals surface area contributed by atoms with Gasteiger partial charge >= 0.3 is 0 Å². The van der Waals surface area contributed by atoms with Crippen LogP contribution in [0.2, 0.25) is 0 Å². The monoisotopic (exact) mass is 474 g/mol. The quantitative estimate of drug-likeness (QED) is 0.342. The predicted octanol–water partition coefficient (Wildman–Crippen LogP) is 3.51. The SMILES string of the molecule is CCO[C@H](C(=O)NCc1ccc(C(=N)N)cc1)c1c(F)ccc(OCCN2CCCCC2)c1F. The van der Waals surface area contributed by atoms with Gasteiger partial charge in [0.25, 0.3) is 5.91 Å². The van der Waals surface area contributed by atoms with E-state index in [9.17, 15) is 9.18 Å². The van der Waals surface area contributed by atoms with Gasteiger partial charge in [0.15, 0.2) is 17.7 Å². The van der Waals surface area contributed by atoms with Crippen molar-refractivity contribution in [2.45, 2.75) is 38.8 Å². The largest absolute Gasteiger partial charge is 0.489 e. The Bertz CT molecular complexity index is 979. The molecule has 2 aromatic rings. The summed E-state index contributed by atoms with van der Waals surface area (Å²) < 4.78 is 41.0. The van der Waals surface area contributed by atoms with Gasteiger partial charge in [-0.2, -0.15) is 0 Å². The Morgan fingerprint density at radius 1 is 1.15 bits per heavy atom. The number of carbonyl (C=O) groups excluding carboxylic acids is 1. The summed E-state index contributed by atoms with van der Waals surface area (Å²) in [6.07, 6.45) is 2.03. The highest BCUT2D eigenvalue weighted by Crippen LogP contribution is 2.30. The number of amides is 1. The van der Waals surface area contributed by atoms with Gasteiger partial charge in [-0.05, 0) is 50.6 Å². The van der Waals surface area contributed by atoms with E-state index in [4.69, 9.17) is 20.6 Å². The molecule has 4 N–H and O–H groups in total. The van der Waals surface area contributed by atoms with Gasteiger partial charge in [-0.1, -0.05) is 30.7 Å². The maximum absolute atomic E-state index is 15.2. The van der Waals surface area contributed by atoms with Gasteiger partial charge in [0, 0.05) is 25.3 Å². The molecule has 0 saturated carbocycles. The van der Waals surface area contributed by atoms with Gasteiger partial charge in [-0.15, -0.1) is 0 Å². The third kappa shape index (κ3) is 6.74. The van der Waals surface area contributed by atoms with Crippen LogP contribution >= 0.6 is 0 Å². The highest BCUT2D eigenvalue weighted by molar-refractivity contribution is 5.94. The molecule has 1 aliphatic heterocycles. The Balaban J connectivity index is 1.68. The lowest BCUT2D eigenvalue weighted by molar-refractivity contribution is -0.133. The summed E-state index contributed by atoms with van der Waals surface area (Å²) in [5.74, 6) is -2.64. The number of nitrogens with one attached hydrogen (secondary N) is 2. The average molecular weight is 475 g/mol. The molecule has 1 aliphatic rings. The number of halogens is 2. The number of rotatable bonds is 11. The van der Waals surface area contributed by atoms with Gasteiger partial charge in [0.1, 0.15) is 18.3 Å².